The predicted octanol–water partition coefficient (Wildman–Crippen LogP) is 4.18. The van der Waals surface area contributed by atoms with E-state index in [1.807, 2.05) is 16.8 Å². The molecule has 0 bridgehead atoms. The Morgan fingerprint density at radius 3 is 2.73 bits per heavy atom. The van der Waals surface area contributed by atoms with E-state index in [1.54, 1.807) is 24.5 Å². The summed E-state index contributed by atoms with van der Waals surface area (Å²) in [5.41, 5.74) is 3.08. The number of nitrogens with one attached hydrogen (secondary N) is 2. The van der Waals surface area contributed by atoms with E-state index in [0.717, 1.165) is 39.9 Å². The highest BCUT2D eigenvalue weighted by Crippen LogP contribution is 2.35. The Balaban J connectivity index is 1.70. The third kappa shape index (κ3) is 7.30. The summed E-state index contributed by atoms with van der Waals surface area (Å²) in [5.74, 6) is 0. The maximum absolute atomic E-state index is 12.4. The highest BCUT2D eigenvalue weighted by molar-refractivity contribution is 7.90. The number of rotatable bonds is 11. The lowest BCUT2D eigenvalue weighted by molar-refractivity contribution is 0.0899. The molecule has 1 amide bonds. The predicted molar refractivity (Wildman–Crippen MR) is 160 cm³/mol. The van der Waals surface area contributed by atoms with Crippen molar-refractivity contribution in [1.82, 2.24) is 23.7 Å². The molecule has 40 heavy (non-hydrogen) atoms. The lowest BCUT2D eigenvalue weighted by Crippen LogP contribution is -2.44. The van der Waals surface area contributed by atoms with Crippen molar-refractivity contribution >= 4 is 46.8 Å². The zero-order valence-electron chi connectivity index (χ0n) is 23.7. The van der Waals surface area contributed by atoms with E-state index in [9.17, 15) is 18.3 Å². The van der Waals surface area contributed by atoms with E-state index >= 15 is 0 Å². The van der Waals surface area contributed by atoms with E-state index < -0.39 is 24.4 Å². The van der Waals surface area contributed by atoms with Crippen molar-refractivity contribution in [2.24, 2.45) is 0 Å². The van der Waals surface area contributed by atoms with Crippen LogP contribution in [0.2, 0.25) is 25.7 Å². The Bertz CT molecular complexity index is 1460. The molecule has 14 heteroatoms. The van der Waals surface area contributed by atoms with Gasteiger partial charge in [-0.15, -0.1) is 0 Å². The molecule has 0 radical (unpaired) electrons. The van der Waals surface area contributed by atoms with Crippen molar-refractivity contribution < 1.29 is 23.1 Å². The SMILES string of the molecule is CN(C)S(=O)(=O)Nc1ccnc(-c2cnc3c(ccn3COCC[Si](C)(C)C)c2NC2CCCN(C(=O)O)C2)c1. The van der Waals surface area contributed by atoms with Crippen LogP contribution in [0.3, 0.4) is 0 Å². The molecule has 12 nitrogen and oxygen atoms in total. The number of fused-ring (bicyclic) bond motifs is 1. The first-order valence-electron chi connectivity index (χ1n) is 13.3. The highest BCUT2D eigenvalue weighted by atomic mass is 32.2. The van der Waals surface area contributed by atoms with E-state index in [1.165, 1.54) is 19.0 Å². The van der Waals surface area contributed by atoms with Crippen LogP contribution in [0.25, 0.3) is 22.3 Å². The zero-order chi connectivity index (χ0) is 29.1. The summed E-state index contributed by atoms with van der Waals surface area (Å²) >= 11 is 0. The number of likely N-dealkylation sites (tertiary alicyclic amines) is 1. The number of anilines is 2. The quantitative estimate of drug-likeness (QED) is 0.223. The Labute approximate surface area is 236 Å². The van der Waals surface area contributed by atoms with Crippen LogP contribution in [0.15, 0.2) is 36.8 Å². The van der Waals surface area contributed by atoms with Crippen LogP contribution in [0, 0.1) is 0 Å². The van der Waals surface area contributed by atoms with Gasteiger partial charge in [0.05, 0.1) is 17.1 Å². The smallest absolute Gasteiger partial charge is 0.407 e. The molecule has 1 fully saturated rings. The minimum atomic E-state index is -3.70. The number of hydrogen-bond acceptors (Lipinski definition) is 7. The van der Waals surface area contributed by atoms with Crippen molar-refractivity contribution in [1.29, 1.82) is 0 Å². The van der Waals surface area contributed by atoms with Crippen molar-refractivity contribution in [3.05, 3.63) is 36.8 Å². The van der Waals surface area contributed by atoms with Gasteiger partial charge in [0.2, 0.25) is 0 Å². The molecule has 1 atom stereocenters. The summed E-state index contributed by atoms with van der Waals surface area (Å²) < 4.78 is 36.4. The molecule has 1 saturated heterocycles. The molecule has 3 N–H and O–H groups in total. The maximum Gasteiger partial charge on any atom is 0.407 e. The summed E-state index contributed by atoms with van der Waals surface area (Å²) in [6.45, 7) is 8.86. The number of ether oxygens (including phenoxy) is 1. The number of aromatic nitrogens is 3. The van der Waals surface area contributed by atoms with Crippen LogP contribution < -0.4 is 10.0 Å². The van der Waals surface area contributed by atoms with Gasteiger partial charge in [-0.3, -0.25) is 9.71 Å². The van der Waals surface area contributed by atoms with Gasteiger partial charge in [-0.25, -0.2) is 9.78 Å². The zero-order valence-corrected chi connectivity index (χ0v) is 25.5. The van der Waals surface area contributed by atoms with E-state index in [0.29, 0.717) is 43.4 Å². The van der Waals surface area contributed by atoms with Gasteiger partial charge in [-0.05, 0) is 37.1 Å². The number of amides is 1. The minimum absolute atomic E-state index is 0.110. The highest BCUT2D eigenvalue weighted by Gasteiger charge is 2.25. The number of carbonyl (C=O) groups is 1. The molecule has 218 valence electrons. The fraction of sp³-hybridized carbons (Fsp3) is 0.500. The van der Waals surface area contributed by atoms with Gasteiger partial charge in [-0.1, -0.05) is 19.6 Å². The Hall–Kier alpha value is -3.20. The normalized spacial score (nSPS) is 16.4. The molecule has 0 saturated carbocycles. The molecule has 1 aliphatic heterocycles. The number of pyridine rings is 2. The van der Waals surface area contributed by atoms with Crippen LogP contribution in [-0.2, 0) is 21.7 Å². The Morgan fingerprint density at radius 2 is 2.02 bits per heavy atom. The molecule has 4 heterocycles. The first kappa shape index (κ1) is 29.8. The fourth-order valence-corrected chi connectivity index (χ4v) is 5.85. The summed E-state index contributed by atoms with van der Waals surface area (Å²) in [6.07, 6.45) is 5.81. The second kappa shape index (κ2) is 12.1. The molecule has 0 spiro atoms. The summed E-state index contributed by atoms with van der Waals surface area (Å²) in [7, 11) is -2.01. The van der Waals surface area contributed by atoms with Crippen LogP contribution in [-0.4, -0.2) is 91.3 Å². The van der Waals surface area contributed by atoms with Crippen LogP contribution in [0.1, 0.15) is 12.8 Å². The van der Waals surface area contributed by atoms with Gasteiger partial charge in [-0.2, -0.15) is 12.7 Å². The second-order valence-corrected chi connectivity index (χ2v) is 19.0. The number of carboxylic acid groups (broad SMARTS) is 1. The number of nitrogens with zero attached hydrogens (tertiary/aromatic N) is 5. The van der Waals surface area contributed by atoms with Crippen molar-refractivity contribution in [3.63, 3.8) is 0 Å². The number of hydrogen-bond donors (Lipinski definition) is 3. The van der Waals surface area contributed by atoms with Gasteiger partial charge in [0.1, 0.15) is 12.4 Å². The average Bonchev–Trinajstić information content (AvgIpc) is 3.29. The van der Waals surface area contributed by atoms with Crippen LogP contribution in [0.5, 0.6) is 0 Å². The summed E-state index contributed by atoms with van der Waals surface area (Å²) in [5, 5.41) is 14.0. The first-order chi connectivity index (χ1) is 18.8. The van der Waals surface area contributed by atoms with E-state index in [-0.39, 0.29) is 6.04 Å². The summed E-state index contributed by atoms with van der Waals surface area (Å²) in [4.78, 5) is 22.3. The van der Waals surface area contributed by atoms with E-state index in [2.05, 4.69) is 34.7 Å². The third-order valence-electron chi connectivity index (χ3n) is 6.82. The molecule has 0 aromatic carbocycles. The molecule has 0 aliphatic carbocycles. The van der Waals surface area contributed by atoms with Gasteiger partial charge < -0.3 is 24.6 Å². The van der Waals surface area contributed by atoms with Crippen molar-refractivity contribution in [2.45, 2.75) is 51.3 Å². The molecule has 4 rings (SSSR count). The van der Waals surface area contributed by atoms with Gasteiger partial charge in [0.25, 0.3) is 0 Å². The maximum atomic E-state index is 12.4. The lowest BCUT2D eigenvalue weighted by atomic mass is 10.0. The van der Waals surface area contributed by atoms with Gasteiger partial charge >= 0.3 is 16.3 Å². The van der Waals surface area contributed by atoms with Gasteiger partial charge in [0.15, 0.2) is 0 Å². The average molecular weight is 590 g/mol. The topological polar surface area (TPSA) is 142 Å². The third-order valence-corrected chi connectivity index (χ3v) is 9.98. The first-order valence-corrected chi connectivity index (χ1v) is 18.5. The standard InChI is InChI=1S/C26H39N7O5SSi/c1-31(2)39(36,37)30-19-8-10-27-23(15-19)22-16-28-25-21(9-12-33(25)18-38-13-14-40(3,4)5)24(22)29-20-7-6-11-32(17-20)26(34)35/h8-10,12,15-16,20H,6-7,11,13-14,17-18H2,1-5H3,(H,27,30)(H,28,29)(H,34,35). The van der Waals surface area contributed by atoms with Crippen molar-refractivity contribution in [3.8, 4) is 11.3 Å². The van der Waals surface area contributed by atoms with Crippen LogP contribution in [0.4, 0.5) is 16.2 Å². The largest absolute Gasteiger partial charge is 0.465 e. The Morgan fingerprint density at radius 1 is 1.25 bits per heavy atom. The monoisotopic (exact) mass is 589 g/mol. The van der Waals surface area contributed by atoms with Crippen molar-refractivity contribution in [2.75, 3.05) is 43.8 Å². The van der Waals surface area contributed by atoms with E-state index in [4.69, 9.17) is 9.72 Å². The molecule has 3 aromatic heterocycles. The molecule has 1 unspecified atom stereocenters. The number of piperidine rings is 1. The van der Waals surface area contributed by atoms with Crippen LogP contribution >= 0.6 is 0 Å². The Kier molecular flexibility index (Phi) is 9.02. The van der Waals surface area contributed by atoms with Gasteiger partial charge in [0, 0.05) is 77.4 Å². The molecular formula is C26H39N7O5SSi. The summed E-state index contributed by atoms with van der Waals surface area (Å²) in [6, 6.07) is 6.17. The lowest BCUT2D eigenvalue weighted by Gasteiger charge is -2.32. The minimum Gasteiger partial charge on any atom is -0.465 e. The molecular weight excluding hydrogens is 550 g/mol. The second-order valence-electron chi connectivity index (χ2n) is 11.4. The fourth-order valence-electron chi connectivity index (χ4n) is 4.49. The molecule has 1 aliphatic rings. The molecule has 3 aromatic rings.